The molecule has 14 heavy (non-hydrogen) atoms. The van der Waals surface area contributed by atoms with Gasteiger partial charge in [-0.15, -0.1) is 0 Å². The van der Waals surface area contributed by atoms with Gasteiger partial charge in [0.1, 0.15) is 11.0 Å². The first-order valence-electron chi connectivity index (χ1n) is 5.34. The summed E-state index contributed by atoms with van der Waals surface area (Å²) in [4.78, 5) is 11.6. The summed E-state index contributed by atoms with van der Waals surface area (Å²) >= 11 is 0. The Labute approximate surface area is 83.4 Å². The first-order valence-corrected chi connectivity index (χ1v) is 5.34. The third-order valence-electron chi connectivity index (χ3n) is 5.20. The molecule has 3 atom stereocenters. The average molecular weight is 196 g/mol. The average Bonchev–Trinajstić information content (AvgIpc) is 2.75. The fourth-order valence-corrected chi connectivity index (χ4v) is 4.20. The molecule has 3 heteroatoms. The van der Waals surface area contributed by atoms with E-state index in [0.29, 0.717) is 12.5 Å². The number of hydrogen-bond acceptors (Lipinski definition) is 2. The predicted octanol–water partition coefficient (Wildman–Crippen LogP) is 1.67. The molecular formula is C11H16O3. The molecule has 3 aliphatic rings. The number of aliphatic carboxylic acids is 1. The standard InChI is InChI=1S/C11H16O3/c1-9(2)7-3-4-11(9,8(12)13)10(5-7)6-14-10/h7H,3-6H2,1-2H3,(H,12,13). The highest BCUT2D eigenvalue weighted by Crippen LogP contribution is 2.74. The van der Waals surface area contributed by atoms with E-state index in [1.807, 2.05) is 0 Å². The van der Waals surface area contributed by atoms with E-state index in [1.165, 1.54) is 0 Å². The minimum Gasteiger partial charge on any atom is -0.481 e. The summed E-state index contributed by atoms with van der Waals surface area (Å²) in [7, 11) is 0. The van der Waals surface area contributed by atoms with Crippen molar-refractivity contribution in [3.63, 3.8) is 0 Å². The number of ether oxygens (including phenoxy) is 1. The molecule has 2 saturated carbocycles. The van der Waals surface area contributed by atoms with Gasteiger partial charge in [0.2, 0.25) is 0 Å². The Balaban J connectivity index is 2.17. The number of carbonyl (C=O) groups is 1. The van der Waals surface area contributed by atoms with Gasteiger partial charge in [0.15, 0.2) is 0 Å². The fraction of sp³-hybridized carbons (Fsp3) is 0.909. The SMILES string of the molecule is CC1(C)C2CCC1(C(=O)O)C1(CO1)C2. The molecule has 3 unspecified atom stereocenters. The van der Waals surface area contributed by atoms with Gasteiger partial charge < -0.3 is 9.84 Å². The van der Waals surface area contributed by atoms with Gasteiger partial charge in [-0.1, -0.05) is 13.8 Å². The Hall–Kier alpha value is -0.570. The van der Waals surface area contributed by atoms with E-state index in [-0.39, 0.29) is 11.0 Å². The van der Waals surface area contributed by atoms with Crippen molar-refractivity contribution in [2.24, 2.45) is 16.7 Å². The van der Waals surface area contributed by atoms with Gasteiger partial charge in [0, 0.05) is 0 Å². The smallest absolute Gasteiger partial charge is 0.313 e. The minimum absolute atomic E-state index is 0.0880. The van der Waals surface area contributed by atoms with Gasteiger partial charge >= 0.3 is 5.97 Å². The Kier molecular flexibility index (Phi) is 1.25. The highest BCUT2D eigenvalue weighted by Gasteiger charge is 2.80. The Morgan fingerprint density at radius 2 is 2.14 bits per heavy atom. The fourth-order valence-electron chi connectivity index (χ4n) is 4.20. The molecule has 1 aliphatic heterocycles. The van der Waals surface area contributed by atoms with Crippen LogP contribution in [0.2, 0.25) is 0 Å². The van der Waals surface area contributed by atoms with E-state index < -0.39 is 11.4 Å². The van der Waals surface area contributed by atoms with E-state index >= 15 is 0 Å². The summed E-state index contributed by atoms with van der Waals surface area (Å²) in [6.07, 6.45) is 2.83. The maximum Gasteiger partial charge on any atom is 0.313 e. The maximum atomic E-state index is 11.6. The van der Waals surface area contributed by atoms with Crippen LogP contribution in [0.3, 0.4) is 0 Å². The molecule has 0 aromatic heterocycles. The molecule has 3 nitrogen and oxygen atoms in total. The molecule has 3 fully saturated rings. The third-order valence-corrected chi connectivity index (χ3v) is 5.20. The summed E-state index contributed by atoms with van der Waals surface area (Å²) < 4.78 is 5.51. The zero-order valence-electron chi connectivity index (χ0n) is 8.67. The van der Waals surface area contributed by atoms with Gasteiger partial charge in [0.05, 0.1) is 6.61 Å². The monoisotopic (exact) mass is 196 g/mol. The number of hydrogen-bond donors (Lipinski definition) is 1. The molecule has 1 heterocycles. The zero-order chi connectivity index (χ0) is 10.2. The van der Waals surface area contributed by atoms with Gasteiger partial charge in [-0.05, 0) is 30.6 Å². The number of epoxide rings is 1. The zero-order valence-corrected chi connectivity index (χ0v) is 8.67. The molecule has 0 radical (unpaired) electrons. The van der Waals surface area contributed by atoms with Crippen molar-refractivity contribution in [3.8, 4) is 0 Å². The second-order valence-corrected chi connectivity index (χ2v) is 5.65. The number of carboxylic acid groups (broad SMARTS) is 1. The molecule has 2 aliphatic carbocycles. The Morgan fingerprint density at radius 3 is 2.50 bits per heavy atom. The minimum atomic E-state index is -0.639. The first-order chi connectivity index (χ1) is 6.46. The molecule has 1 saturated heterocycles. The Morgan fingerprint density at radius 1 is 1.50 bits per heavy atom. The largest absolute Gasteiger partial charge is 0.481 e. The second kappa shape index (κ2) is 2.01. The van der Waals surface area contributed by atoms with E-state index in [1.54, 1.807) is 0 Å². The summed E-state index contributed by atoms with van der Waals surface area (Å²) in [5, 5.41) is 9.52. The second-order valence-electron chi connectivity index (χ2n) is 5.65. The summed E-state index contributed by atoms with van der Waals surface area (Å²) in [6, 6.07) is 0. The normalized spacial score (nSPS) is 52.6. The summed E-state index contributed by atoms with van der Waals surface area (Å²) in [5.74, 6) is -0.0962. The van der Waals surface area contributed by atoms with E-state index in [0.717, 1.165) is 19.3 Å². The van der Waals surface area contributed by atoms with Crippen LogP contribution < -0.4 is 0 Å². The molecule has 0 amide bonds. The lowest BCUT2D eigenvalue weighted by Crippen LogP contribution is -2.47. The molecule has 1 spiro atoms. The van der Waals surface area contributed by atoms with Crippen molar-refractivity contribution in [2.75, 3.05) is 6.61 Å². The van der Waals surface area contributed by atoms with Crippen molar-refractivity contribution < 1.29 is 14.6 Å². The molecular weight excluding hydrogens is 180 g/mol. The van der Waals surface area contributed by atoms with Crippen LogP contribution >= 0.6 is 0 Å². The Bertz CT molecular complexity index is 316. The highest BCUT2D eigenvalue weighted by molar-refractivity contribution is 5.80. The quantitative estimate of drug-likeness (QED) is 0.649. The molecule has 2 bridgehead atoms. The van der Waals surface area contributed by atoms with Crippen LogP contribution in [0.15, 0.2) is 0 Å². The van der Waals surface area contributed by atoms with Gasteiger partial charge in [-0.2, -0.15) is 0 Å². The van der Waals surface area contributed by atoms with Gasteiger partial charge in [0.25, 0.3) is 0 Å². The predicted molar refractivity (Wildman–Crippen MR) is 49.9 cm³/mol. The lowest BCUT2D eigenvalue weighted by Gasteiger charge is -2.36. The molecule has 1 N–H and O–H groups in total. The molecule has 0 aromatic carbocycles. The summed E-state index contributed by atoms with van der Waals surface area (Å²) in [5.41, 5.74) is -0.967. The molecule has 3 rings (SSSR count). The van der Waals surface area contributed by atoms with Crippen molar-refractivity contribution >= 4 is 5.97 Å². The van der Waals surface area contributed by atoms with Gasteiger partial charge in [-0.3, -0.25) is 4.79 Å². The number of fused-ring (bicyclic) bond motifs is 3. The maximum absolute atomic E-state index is 11.6. The lowest BCUT2D eigenvalue weighted by molar-refractivity contribution is -0.158. The topological polar surface area (TPSA) is 49.8 Å². The van der Waals surface area contributed by atoms with Crippen LogP contribution in [-0.2, 0) is 9.53 Å². The van der Waals surface area contributed by atoms with Gasteiger partial charge in [-0.25, -0.2) is 0 Å². The van der Waals surface area contributed by atoms with E-state index in [2.05, 4.69) is 13.8 Å². The molecule has 78 valence electrons. The van der Waals surface area contributed by atoms with Crippen LogP contribution in [-0.4, -0.2) is 23.3 Å². The lowest BCUT2D eigenvalue weighted by atomic mass is 9.65. The van der Waals surface area contributed by atoms with Crippen molar-refractivity contribution in [1.82, 2.24) is 0 Å². The number of carboxylic acids is 1. The van der Waals surface area contributed by atoms with Crippen molar-refractivity contribution in [2.45, 2.75) is 38.7 Å². The van der Waals surface area contributed by atoms with Crippen molar-refractivity contribution in [3.05, 3.63) is 0 Å². The highest BCUT2D eigenvalue weighted by atomic mass is 16.6. The summed E-state index contributed by atoms with van der Waals surface area (Å²) in [6.45, 7) is 4.88. The first kappa shape index (κ1) is 8.72. The molecule has 0 aromatic rings. The van der Waals surface area contributed by atoms with Crippen LogP contribution in [0.1, 0.15) is 33.1 Å². The van der Waals surface area contributed by atoms with Crippen LogP contribution in [0, 0.1) is 16.7 Å². The van der Waals surface area contributed by atoms with Crippen molar-refractivity contribution in [1.29, 1.82) is 0 Å². The van der Waals surface area contributed by atoms with Crippen LogP contribution in [0.25, 0.3) is 0 Å². The van der Waals surface area contributed by atoms with E-state index in [9.17, 15) is 9.90 Å². The van der Waals surface area contributed by atoms with E-state index in [4.69, 9.17) is 4.74 Å². The third kappa shape index (κ3) is 0.602. The van der Waals surface area contributed by atoms with Crippen LogP contribution in [0.5, 0.6) is 0 Å². The van der Waals surface area contributed by atoms with Crippen LogP contribution in [0.4, 0.5) is 0 Å². The number of rotatable bonds is 1.